The molecular weight excluding hydrogens is 305 g/mol. The van der Waals surface area contributed by atoms with Gasteiger partial charge in [0.2, 0.25) is 5.91 Å². The van der Waals surface area contributed by atoms with Gasteiger partial charge in [-0.3, -0.25) is 9.69 Å². The average Bonchev–Trinajstić information content (AvgIpc) is 2.54. The van der Waals surface area contributed by atoms with Crippen LogP contribution in [0.3, 0.4) is 0 Å². The maximum Gasteiger partial charge on any atom is 0.393 e. The number of nitrogens with zero attached hydrogens (tertiary/aromatic N) is 1. The summed E-state index contributed by atoms with van der Waals surface area (Å²) in [5.41, 5.74) is 0.972. The van der Waals surface area contributed by atoms with Crippen molar-refractivity contribution in [2.45, 2.75) is 44.9 Å². The lowest BCUT2D eigenvalue weighted by molar-refractivity contribution is -0.189. The minimum atomic E-state index is -4.19. The van der Waals surface area contributed by atoms with Crippen LogP contribution in [0.1, 0.15) is 38.3 Å². The molecule has 0 aromatic heterocycles. The van der Waals surface area contributed by atoms with Crippen molar-refractivity contribution >= 4 is 5.91 Å². The first kappa shape index (κ1) is 17.8. The zero-order chi connectivity index (χ0) is 17.0. The van der Waals surface area contributed by atoms with Crippen molar-refractivity contribution in [1.29, 1.82) is 0 Å². The van der Waals surface area contributed by atoms with Gasteiger partial charge >= 0.3 is 6.18 Å². The van der Waals surface area contributed by atoms with Crippen LogP contribution in [0, 0.1) is 5.92 Å². The molecule has 2 rings (SSSR count). The Kier molecular flexibility index (Phi) is 5.68. The summed E-state index contributed by atoms with van der Waals surface area (Å²) in [6.07, 6.45) is -3.57. The molecule has 0 spiro atoms. The van der Waals surface area contributed by atoms with Gasteiger partial charge in [0.05, 0.1) is 18.0 Å². The number of hydrogen-bond acceptors (Lipinski definition) is 2. The Balaban J connectivity index is 1.94. The highest BCUT2D eigenvalue weighted by Crippen LogP contribution is 2.33. The van der Waals surface area contributed by atoms with Crippen molar-refractivity contribution < 1.29 is 18.0 Å². The lowest BCUT2D eigenvalue weighted by Gasteiger charge is -2.37. The third-order valence-corrected chi connectivity index (χ3v) is 4.50. The molecule has 6 heteroatoms. The molecule has 128 valence electrons. The molecule has 1 aromatic rings. The Hall–Kier alpha value is -1.56. The molecule has 0 saturated carbocycles. The fraction of sp³-hybridized carbons (Fsp3) is 0.588. The van der Waals surface area contributed by atoms with Gasteiger partial charge in [0.1, 0.15) is 0 Å². The highest BCUT2D eigenvalue weighted by molar-refractivity contribution is 5.81. The molecule has 1 aliphatic heterocycles. The molecule has 1 N–H and O–H groups in total. The number of piperidine rings is 1. The van der Waals surface area contributed by atoms with E-state index in [1.807, 2.05) is 37.3 Å². The number of carbonyl (C=O) groups is 1. The molecule has 1 aliphatic rings. The van der Waals surface area contributed by atoms with Crippen LogP contribution in [-0.4, -0.2) is 36.1 Å². The molecule has 23 heavy (non-hydrogen) atoms. The Bertz CT molecular complexity index is 518. The van der Waals surface area contributed by atoms with Crippen LogP contribution in [0.25, 0.3) is 0 Å². The van der Waals surface area contributed by atoms with Gasteiger partial charge in [0.15, 0.2) is 0 Å². The van der Waals surface area contributed by atoms with Crippen molar-refractivity contribution in [2.24, 2.45) is 5.92 Å². The molecule has 3 atom stereocenters. The maximum atomic E-state index is 12.9. The van der Waals surface area contributed by atoms with E-state index in [4.69, 9.17) is 0 Å². The van der Waals surface area contributed by atoms with Gasteiger partial charge in [-0.15, -0.1) is 0 Å². The number of benzene rings is 1. The molecule has 0 aliphatic carbocycles. The summed E-state index contributed by atoms with van der Waals surface area (Å²) in [4.78, 5) is 14.0. The fourth-order valence-electron chi connectivity index (χ4n) is 2.95. The van der Waals surface area contributed by atoms with Crippen LogP contribution in [0.2, 0.25) is 0 Å². The summed E-state index contributed by atoms with van der Waals surface area (Å²) in [7, 11) is 0. The zero-order valence-electron chi connectivity index (χ0n) is 13.4. The van der Waals surface area contributed by atoms with Crippen LogP contribution >= 0.6 is 0 Å². The molecule has 1 fully saturated rings. The summed E-state index contributed by atoms with van der Waals surface area (Å²) in [5, 5.41) is 2.88. The van der Waals surface area contributed by atoms with E-state index in [0.717, 1.165) is 5.56 Å². The second-order valence-corrected chi connectivity index (χ2v) is 6.19. The van der Waals surface area contributed by atoms with Crippen molar-refractivity contribution in [1.82, 2.24) is 10.2 Å². The van der Waals surface area contributed by atoms with Gasteiger partial charge in [-0.05, 0) is 38.8 Å². The predicted octanol–water partition coefficient (Wildman–Crippen LogP) is 3.53. The van der Waals surface area contributed by atoms with Crippen LogP contribution in [0.15, 0.2) is 30.3 Å². The number of rotatable bonds is 4. The van der Waals surface area contributed by atoms with Crippen LogP contribution in [0.4, 0.5) is 13.2 Å². The van der Waals surface area contributed by atoms with Gasteiger partial charge in [0, 0.05) is 6.54 Å². The van der Waals surface area contributed by atoms with Gasteiger partial charge < -0.3 is 5.32 Å². The monoisotopic (exact) mass is 328 g/mol. The molecular formula is C17H23F3N2O. The van der Waals surface area contributed by atoms with Crippen LogP contribution in [-0.2, 0) is 4.79 Å². The van der Waals surface area contributed by atoms with Gasteiger partial charge in [-0.25, -0.2) is 0 Å². The number of halogens is 3. The average molecular weight is 328 g/mol. The minimum Gasteiger partial charge on any atom is -0.348 e. The number of nitrogens with one attached hydrogen (secondary N) is 1. The highest BCUT2D eigenvalue weighted by atomic mass is 19.4. The first-order chi connectivity index (χ1) is 10.8. The molecule has 1 saturated heterocycles. The number of hydrogen-bond donors (Lipinski definition) is 1. The van der Waals surface area contributed by atoms with Crippen molar-refractivity contribution in [3.63, 3.8) is 0 Å². The summed E-state index contributed by atoms with van der Waals surface area (Å²) in [5.74, 6) is -1.57. The summed E-state index contributed by atoms with van der Waals surface area (Å²) in [6, 6.07) is 8.76. The molecule has 0 bridgehead atoms. The van der Waals surface area contributed by atoms with Crippen LogP contribution in [0.5, 0.6) is 0 Å². The molecule has 1 heterocycles. The topological polar surface area (TPSA) is 32.3 Å². The van der Waals surface area contributed by atoms with E-state index >= 15 is 0 Å². The van der Waals surface area contributed by atoms with Crippen LogP contribution < -0.4 is 5.32 Å². The van der Waals surface area contributed by atoms with E-state index in [9.17, 15) is 18.0 Å². The van der Waals surface area contributed by atoms with Crippen molar-refractivity contribution in [3.8, 4) is 0 Å². The van der Waals surface area contributed by atoms with E-state index in [1.165, 1.54) is 0 Å². The number of carbonyl (C=O) groups excluding carboxylic acids is 1. The third-order valence-electron chi connectivity index (χ3n) is 4.50. The number of likely N-dealkylation sites (tertiary alicyclic amines) is 1. The lowest BCUT2D eigenvalue weighted by atomic mass is 9.96. The Labute approximate surface area is 134 Å². The number of alkyl halides is 3. The Morgan fingerprint density at radius 1 is 1.26 bits per heavy atom. The molecule has 3 nitrogen and oxygen atoms in total. The maximum absolute atomic E-state index is 12.9. The third kappa shape index (κ3) is 4.70. The fourth-order valence-corrected chi connectivity index (χ4v) is 2.95. The quantitative estimate of drug-likeness (QED) is 0.917. The predicted molar refractivity (Wildman–Crippen MR) is 82.8 cm³/mol. The SMILES string of the molecule is CC(NC(=O)C(C)N1CCCC(C(F)(F)F)C1)c1ccccc1. The van der Waals surface area contributed by atoms with Gasteiger partial charge in [-0.1, -0.05) is 30.3 Å². The van der Waals surface area contributed by atoms with E-state index in [1.54, 1.807) is 11.8 Å². The number of amides is 1. The minimum absolute atomic E-state index is 0.0994. The second kappa shape index (κ2) is 7.34. The van der Waals surface area contributed by atoms with Crippen molar-refractivity contribution in [2.75, 3.05) is 13.1 Å². The first-order valence-electron chi connectivity index (χ1n) is 7.95. The standard InChI is InChI=1S/C17H23F3N2O/c1-12(14-7-4-3-5-8-14)21-16(23)13(2)22-10-6-9-15(11-22)17(18,19)20/h3-5,7-8,12-13,15H,6,9-11H2,1-2H3,(H,21,23). The van der Waals surface area contributed by atoms with E-state index in [2.05, 4.69) is 5.32 Å². The zero-order valence-corrected chi connectivity index (χ0v) is 13.4. The van der Waals surface area contributed by atoms with Gasteiger partial charge in [0.25, 0.3) is 0 Å². The van der Waals surface area contributed by atoms with Crippen molar-refractivity contribution in [3.05, 3.63) is 35.9 Å². The summed E-state index contributed by atoms with van der Waals surface area (Å²) < 4.78 is 38.7. The second-order valence-electron chi connectivity index (χ2n) is 6.19. The Morgan fingerprint density at radius 2 is 1.91 bits per heavy atom. The first-order valence-corrected chi connectivity index (χ1v) is 7.95. The normalized spacial score (nSPS) is 22.4. The molecule has 0 radical (unpaired) electrons. The van der Waals surface area contributed by atoms with E-state index in [-0.39, 0.29) is 24.9 Å². The lowest BCUT2D eigenvalue weighted by Crippen LogP contribution is -2.51. The Morgan fingerprint density at radius 3 is 2.52 bits per heavy atom. The summed E-state index contributed by atoms with van der Waals surface area (Å²) in [6.45, 7) is 3.97. The summed E-state index contributed by atoms with van der Waals surface area (Å²) >= 11 is 0. The highest BCUT2D eigenvalue weighted by Gasteiger charge is 2.43. The van der Waals surface area contributed by atoms with E-state index < -0.39 is 18.1 Å². The van der Waals surface area contributed by atoms with Gasteiger partial charge in [-0.2, -0.15) is 13.2 Å². The smallest absolute Gasteiger partial charge is 0.348 e. The molecule has 3 unspecified atom stereocenters. The molecule has 1 amide bonds. The largest absolute Gasteiger partial charge is 0.393 e. The molecule has 1 aromatic carbocycles. The van der Waals surface area contributed by atoms with E-state index in [0.29, 0.717) is 13.0 Å².